The molecule has 0 saturated carbocycles. The van der Waals surface area contributed by atoms with Crippen LogP contribution in [0, 0.1) is 5.92 Å². The average Bonchev–Trinajstić information content (AvgIpc) is 2.38. The summed E-state index contributed by atoms with van der Waals surface area (Å²) in [5.41, 5.74) is 2.58. The molecule has 0 aliphatic rings. The van der Waals surface area contributed by atoms with Gasteiger partial charge < -0.3 is 14.8 Å². The molecule has 19 heavy (non-hydrogen) atoms. The second-order valence-corrected chi connectivity index (χ2v) is 5.22. The summed E-state index contributed by atoms with van der Waals surface area (Å²) in [5, 5.41) is 3.43. The first-order valence-corrected chi connectivity index (χ1v) is 7.00. The number of hydrogen-bond acceptors (Lipinski definition) is 3. The Morgan fingerprint density at radius 1 is 1.16 bits per heavy atom. The maximum absolute atomic E-state index is 5.40. The Balaban J connectivity index is 2.94. The van der Waals surface area contributed by atoms with Crippen LogP contribution in [0.25, 0.3) is 0 Å². The van der Waals surface area contributed by atoms with E-state index in [0.717, 1.165) is 13.0 Å². The predicted octanol–water partition coefficient (Wildman–Crippen LogP) is 3.15. The number of rotatable bonds is 8. The molecule has 0 aliphatic heterocycles. The highest BCUT2D eigenvalue weighted by atomic mass is 16.7. The van der Waals surface area contributed by atoms with Gasteiger partial charge in [0, 0.05) is 14.2 Å². The molecule has 3 nitrogen and oxygen atoms in total. The van der Waals surface area contributed by atoms with Crippen LogP contribution in [0.1, 0.15) is 37.9 Å². The summed E-state index contributed by atoms with van der Waals surface area (Å²) >= 11 is 0. The summed E-state index contributed by atoms with van der Waals surface area (Å²) in [6, 6.07) is 8.73. The molecule has 0 spiro atoms. The van der Waals surface area contributed by atoms with E-state index in [0.29, 0.717) is 5.92 Å². The third kappa shape index (κ3) is 4.94. The first-order valence-electron chi connectivity index (χ1n) is 7.00. The number of likely N-dealkylation sites (N-methyl/N-ethyl adjacent to an activating group) is 1. The molecule has 1 rings (SSSR count). The van der Waals surface area contributed by atoms with Gasteiger partial charge in [-0.3, -0.25) is 0 Å². The van der Waals surface area contributed by atoms with Crippen LogP contribution in [0.3, 0.4) is 0 Å². The third-order valence-corrected chi connectivity index (χ3v) is 3.11. The number of hydrogen-bond donors (Lipinski definition) is 1. The van der Waals surface area contributed by atoms with E-state index < -0.39 is 0 Å². The largest absolute Gasteiger partial charge is 0.354 e. The van der Waals surface area contributed by atoms with Gasteiger partial charge in [-0.25, -0.2) is 0 Å². The third-order valence-electron chi connectivity index (χ3n) is 3.11. The van der Waals surface area contributed by atoms with Crippen LogP contribution in [-0.4, -0.2) is 27.1 Å². The van der Waals surface area contributed by atoms with E-state index in [1.54, 1.807) is 14.2 Å². The minimum absolute atomic E-state index is 0.0621. The van der Waals surface area contributed by atoms with Crippen molar-refractivity contribution < 1.29 is 9.47 Å². The average molecular weight is 265 g/mol. The minimum atomic E-state index is -0.269. The Hall–Kier alpha value is -0.900. The number of methoxy groups -OCH3 is 2. The number of nitrogens with one attached hydrogen (secondary N) is 1. The molecular formula is C16H27NO2. The second-order valence-electron chi connectivity index (χ2n) is 5.22. The van der Waals surface area contributed by atoms with Crippen LogP contribution in [0.4, 0.5) is 0 Å². The van der Waals surface area contributed by atoms with Crippen molar-refractivity contribution in [2.24, 2.45) is 5.92 Å². The van der Waals surface area contributed by atoms with E-state index in [1.807, 2.05) is 0 Å². The summed E-state index contributed by atoms with van der Waals surface area (Å²) in [6.07, 6.45) is 0.825. The molecule has 0 fully saturated rings. The Morgan fingerprint density at radius 3 is 2.37 bits per heavy atom. The fourth-order valence-corrected chi connectivity index (χ4v) is 2.34. The molecule has 0 aliphatic carbocycles. The summed E-state index contributed by atoms with van der Waals surface area (Å²) in [6.45, 7) is 7.44. The zero-order valence-electron chi connectivity index (χ0n) is 12.8. The van der Waals surface area contributed by atoms with Gasteiger partial charge in [0.05, 0.1) is 6.04 Å². The van der Waals surface area contributed by atoms with Gasteiger partial charge in [-0.15, -0.1) is 0 Å². The Kier molecular flexibility index (Phi) is 7.06. The standard InChI is InChI=1S/C16H27NO2/c1-6-17-15(16(18-4)19-5)14-9-7-8-13(11-14)10-12(2)3/h7-9,11-12,15-17H,6,10H2,1-5H3. The van der Waals surface area contributed by atoms with Crippen molar-refractivity contribution in [3.05, 3.63) is 35.4 Å². The maximum Gasteiger partial charge on any atom is 0.176 e. The molecule has 1 aromatic rings. The smallest absolute Gasteiger partial charge is 0.176 e. The highest BCUT2D eigenvalue weighted by Crippen LogP contribution is 2.21. The van der Waals surface area contributed by atoms with Crippen LogP contribution in [-0.2, 0) is 15.9 Å². The van der Waals surface area contributed by atoms with Crippen molar-refractivity contribution in [1.82, 2.24) is 5.32 Å². The summed E-state index contributed by atoms with van der Waals surface area (Å²) in [7, 11) is 3.35. The second kappa shape index (κ2) is 8.31. The molecular weight excluding hydrogens is 238 g/mol. The van der Waals surface area contributed by atoms with E-state index >= 15 is 0 Å². The quantitative estimate of drug-likeness (QED) is 0.732. The number of benzene rings is 1. The molecule has 1 N–H and O–H groups in total. The van der Waals surface area contributed by atoms with E-state index in [-0.39, 0.29) is 12.3 Å². The lowest BCUT2D eigenvalue weighted by Crippen LogP contribution is -2.34. The van der Waals surface area contributed by atoms with Gasteiger partial charge in [0.25, 0.3) is 0 Å². The number of ether oxygens (including phenoxy) is 2. The summed E-state index contributed by atoms with van der Waals surface area (Å²) in [4.78, 5) is 0. The normalized spacial score (nSPS) is 13.2. The molecule has 0 bridgehead atoms. The van der Waals surface area contributed by atoms with Gasteiger partial charge >= 0.3 is 0 Å². The topological polar surface area (TPSA) is 30.5 Å². The van der Waals surface area contributed by atoms with Gasteiger partial charge in [0.15, 0.2) is 6.29 Å². The zero-order chi connectivity index (χ0) is 14.3. The minimum Gasteiger partial charge on any atom is -0.354 e. The SMILES string of the molecule is CCNC(c1cccc(CC(C)C)c1)C(OC)OC. The molecule has 0 aromatic heterocycles. The molecule has 0 heterocycles. The molecule has 0 amide bonds. The van der Waals surface area contributed by atoms with Gasteiger partial charge in [0.1, 0.15) is 0 Å². The van der Waals surface area contributed by atoms with Crippen molar-refractivity contribution in [3.8, 4) is 0 Å². The summed E-state index contributed by atoms with van der Waals surface area (Å²) < 4.78 is 10.8. The van der Waals surface area contributed by atoms with E-state index in [4.69, 9.17) is 9.47 Å². The Bertz CT molecular complexity index is 362. The Labute approximate surface area is 117 Å². The fourth-order valence-electron chi connectivity index (χ4n) is 2.34. The first-order chi connectivity index (χ1) is 9.12. The molecule has 3 heteroatoms. The molecule has 108 valence electrons. The van der Waals surface area contributed by atoms with Gasteiger partial charge in [-0.1, -0.05) is 45.0 Å². The maximum atomic E-state index is 5.40. The zero-order valence-corrected chi connectivity index (χ0v) is 12.8. The van der Waals surface area contributed by atoms with Crippen molar-refractivity contribution in [2.45, 2.75) is 39.5 Å². The van der Waals surface area contributed by atoms with E-state index in [9.17, 15) is 0 Å². The van der Waals surface area contributed by atoms with Crippen molar-refractivity contribution >= 4 is 0 Å². The summed E-state index contributed by atoms with van der Waals surface area (Å²) in [5.74, 6) is 0.661. The molecule has 1 unspecified atom stereocenters. The van der Waals surface area contributed by atoms with Gasteiger partial charge in [0.2, 0.25) is 0 Å². The Morgan fingerprint density at radius 2 is 1.84 bits per heavy atom. The van der Waals surface area contributed by atoms with Gasteiger partial charge in [-0.05, 0) is 30.0 Å². The van der Waals surface area contributed by atoms with Crippen molar-refractivity contribution in [3.63, 3.8) is 0 Å². The monoisotopic (exact) mass is 265 g/mol. The van der Waals surface area contributed by atoms with Crippen molar-refractivity contribution in [2.75, 3.05) is 20.8 Å². The van der Waals surface area contributed by atoms with Crippen molar-refractivity contribution in [1.29, 1.82) is 0 Å². The van der Waals surface area contributed by atoms with Gasteiger partial charge in [-0.2, -0.15) is 0 Å². The molecule has 1 aromatic carbocycles. The van der Waals surface area contributed by atoms with Crippen LogP contribution in [0.5, 0.6) is 0 Å². The van der Waals surface area contributed by atoms with E-state index in [2.05, 4.69) is 50.4 Å². The highest BCUT2D eigenvalue weighted by Gasteiger charge is 2.22. The lowest BCUT2D eigenvalue weighted by Gasteiger charge is -2.26. The lowest BCUT2D eigenvalue weighted by molar-refractivity contribution is -0.123. The lowest BCUT2D eigenvalue weighted by atomic mass is 9.98. The fraction of sp³-hybridized carbons (Fsp3) is 0.625. The van der Waals surface area contributed by atoms with E-state index in [1.165, 1.54) is 11.1 Å². The van der Waals surface area contributed by atoms with Crippen LogP contribution in [0.15, 0.2) is 24.3 Å². The predicted molar refractivity (Wildman–Crippen MR) is 79.2 cm³/mol. The highest BCUT2D eigenvalue weighted by molar-refractivity contribution is 5.27. The molecule has 0 saturated heterocycles. The molecule has 1 atom stereocenters. The van der Waals surface area contributed by atoms with Crippen LogP contribution >= 0.6 is 0 Å². The van der Waals surface area contributed by atoms with Crippen LogP contribution in [0.2, 0.25) is 0 Å². The van der Waals surface area contributed by atoms with Crippen LogP contribution < -0.4 is 5.32 Å². The molecule has 0 radical (unpaired) electrons. The first kappa shape index (κ1) is 16.2.